The van der Waals surface area contributed by atoms with Gasteiger partial charge in [0.25, 0.3) is 0 Å². The van der Waals surface area contributed by atoms with Crippen LogP contribution in [0.4, 0.5) is 0 Å². The lowest BCUT2D eigenvalue weighted by molar-refractivity contribution is -0.305. The predicted molar refractivity (Wildman–Crippen MR) is 375 cm³/mol. The van der Waals surface area contributed by atoms with Crippen LogP contribution in [0, 0.1) is 0 Å². The van der Waals surface area contributed by atoms with Crippen molar-refractivity contribution in [3.8, 4) is 0 Å². The van der Waals surface area contributed by atoms with Gasteiger partial charge in [-0.25, -0.2) is 0 Å². The minimum Gasteiger partial charge on any atom is -0.454 e. The van der Waals surface area contributed by atoms with E-state index in [9.17, 15) is 35.1 Å². The zero-order valence-corrected chi connectivity index (χ0v) is 57.3. The summed E-state index contributed by atoms with van der Waals surface area (Å²) in [6, 6.07) is -1.03. The van der Waals surface area contributed by atoms with Gasteiger partial charge in [0.2, 0.25) is 5.91 Å². The monoisotopic (exact) mass is 1250 g/mol. The molecule has 8 atom stereocenters. The first-order chi connectivity index (χ1) is 43.7. The molecule has 0 aromatic rings. The quantitative estimate of drug-likeness (QED) is 0.0195. The summed E-state index contributed by atoms with van der Waals surface area (Å²) in [4.78, 5) is 26.7. The first-order valence-corrected chi connectivity index (χ1v) is 37.0. The van der Waals surface area contributed by atoms with Gasteiger partial charge in [-0.05, 0) is 109 Å². The highest BCUT2D eigenvalue weighted by Gasteiger charge is 2.47. The second kappa shape index (κ2) is 64.7. The predicted octanol–water partition coefficient (Wildman–Crippen LogP) is 19.4. The van der Waals surface area contributed by atoms with Crippen LogP contribution in [0.25, 0.3) is 0 Å². The van der Waals surface area contributed by atoms with Gasteiger partial charge in [-0.1, -0.05) is 304 Å². The zero-order valence-electron chi connectivity index (χ0n) is 57.3. The van der Waals surface area contributed by atoms with Crippen LogP contribution in [0.3, 0.4) is 0 Å². The van der Waals surface area contributed by atoms with E-state index >= 15 is 0 Å². The maximum absolute atomic E-state index is 13.5. The van der Waals surface area contributed by atoms with Crippen LogP contribution in [-0.2, 0) is 23.8 Å². The topological polar surface area (TPSA) is 175 Å². The Balaban J connectivity index is 2.54. The Labute approximate surface area is 546 Å². The minimum absolute atomic E-state index is 0.113. The molecule has 8 unspecified atom stereocenters. The standard InChI is InChI=1S/C78H137NO10/c1-4-7-10-13-16-19-22-24-26-28-30-32-34-36-38-40-42-44-46-48-51-54-57-60-63-66-73(83)89-76-75(85)74(84)72(67-80)88-78(76)87-68-69(70(81)64-61-58-55-52-49-21-18-15-12-9-6-3)79-77(86)71(82)65-62-59-56-53-50-47-45-43-41-39-37-35-33-31-29-27-25-23-20-17-14-11-8-5-2/h16-17,19-20,24-27,30-33,36,38,61,64,69-72,74-76,78,80-82,84-85H,4-15,18,21-23,28-29,34-35,37,39-60,62-63,65-68H2,1-3H3,(H,79,86)/b19-16-,20-17-,26-24-,27-25-,32-30-,33-31-,38-36-,64-61+. The molecule has 0 aliphatic carbocycles. The number of nitrogens with one attached hydrogen (secondary N) is 1. The van der Waals surface area contributed by atoms with Crippen molar-refractivity contribution in [3.05, 3.63) is 97.2 Å². The van der Waals surface area contributed by atoms with Crippen LogP contribution < -0.4 is 5.32 Å². The molecule has 1 rings (SSSR count). The highest BCUT2D eigenvalue weighted by Crippen LogP contribution is 2.26. The van der Waals surface area contributed by atoms with E-state index in [1.165, 1.54) is 167 Å². The summed E-state index contributed by atoms with van der Waals surface area (Å²) in [6.07, 6.45) is 77.3. The second-order valence-electron chi connectivity index (χ2n) is 25.3. The molecule has 1 fully saturated rings. The van der Waals surface area contributed by atoms with Crippen molar-refractivity contribution in [3.63, 3.8) is 0 Å². The Hall–Kier alpha value is -3.42. The zero-order chi connectivity index (χ0) is 64.6. The van der Waals surface area contributed by atoms with E-state index in [2.05, 4.69) is 111 Å². The Bertz CT molecular complexity index is 1820. The number of ether oxygens (including phenoxy) is 3. The summed E-state index contributed by atoms with van der Waals surface area (Å²) in [6.45, 7) is 5.75. The molecule has 6 N–H and O–H groups in total. The highest BCUT2D eigenvalue weighted by atomic mass is 16.7. The summed E-state index contributed by atoms with van der Waals surface area (Å²) < 4.78 is 17.7. The summed E-state index contributed by atoms with van der Waals surface area (Å²) in [5, 5.41) is 57.3. The number of allylic oxidation sites excluding steroid dienone is 15. The molecule has 0 saturated carbocycles. The van der Waals surface area contributed by atoms with E-state index in [4.69, 9.17) is 14.2 Å². The third-order valence-electron chi connectivity index (χ3n) is 17.0. The molecule has 11 heteroatoms. The molecule has 0 bridgehead atoms. The van der Waals surface area contributed by atoms with Gasteiger partial charge >= 0.3 is 5.97 Å². The van der Waals surface area contributed by atoms with Gasteiger partial charge in [-0.3, -0.25) is 9.59 Å². The Morgan fingerprint density at radius 3 is 1.18 bits per heavy atom. The molecular formula is C78H137NO10. The van der Waals surface area contributed by atoms with Gasteiger partial charge in [0.1, 0.15) is 24.4 Å². The molecular weight excluding hydrogens is 1110 g/mol. The number of carbonyl (C=O) groups is 2. The Kier molecular flexibility index (Phi) is 60.7. The van der Waals surface area contributed by atoms with Crippen LogP contribution >= 0.6 is 0 Å². The third kappa shape index (κ3) is 51.7. The number of hydrogen-bond acceptors (Lipinski definition) is 10. The molecule has 0 radical (unpaired) electrons. The molecule has 1 heterocycles. The smallest absolute Gasteiger partial charge is 0.306 e. The number of unbranched alkanes of at least 4 members (excludes halogenated alkanes) is 35. The van der Waals surface area contributed by atoms with Crippen molar-refractivity contribution >= 4 is 11.9 Å². The Morgan fingerprint density at radius 1 is 0.438 bits per heavy atom. The van der Waals surface area contributed by atoms with Crippen LogP contribution in [0.2, 0.25) is 0 Å². The fourth-order valence-electron chi connectivity index (χ4n) is 11.1. The summed E-state index contributed by atoms with van der Waals surface area (Å²) in [5.74, 6) is -1.20. The highest BCUT2D eigenvalue weighted by molar-refractivity contribution is 5.80. The van der Waals surface area contributed by atoms with Crippen molar-refractivity contribution in [1.29, 1.82) is 0 Å². The number of esters is 1. The molecule has 0 aromatic carbocycles. The second-order valence-corrected chi connectivity index (χ2v) is 25.3. The van der Waals surface area contributed by atoms with Crippen molar-refractivity contribution in [2.24, 2.45) is 0 Å². The first-order valence-electron chi connectivity index (χ1n) is 37.0. The van der Waals surface area contributed by atoms with Crippen molar-refractivity contribution in [2.45, 2.75) is 372 Å². The number of rotatable bonds is 63. The van der Waals surface area contributed by atoms with E-state index < -0.39 is 67.4 Å². The molecule has 11 nitrogen and oxygen atoms in total. The minimum atomic E-state index is -1.62. The van der Waals surface area contributed by atoms with Gasteiger partial charge in [0, 0.05) is 6.42 Å². The van der Waals surface area contributed by atoms with Gasteiger partial charge < -0.3 is 45.1 Å². The average Bonchev–Trinajstić information content (AvgIpc) is 3.71. The summed E-state index contributed by atoms with van der Waals surface area (Å²) in [7, 11) is 0. The average molecular weight is 1250 g/mol. The van der Waals surface area contributed by atoms with E-state index in [1.807, 2.05) is 6.08 Å². The number of hydrogen-bond donors (Lipinski definition) is 6. The lowest BCUT2D eigenvalue weighted by atomic mass is 9.99. The number of aliphatic hydroxyl groups excluding tert-OH is 5. The maximum atomic E-state index is 13.5. The fourth-order valence-corrected chi connectivity index (χ4v) is 11.1. The number of carbonyl (C=O) groups excluding carboxylic acids is 2. The molecule has 0 spiro atoms. The van der Waals surface area contributed by atoms with Crippen LogP contribution in [0.5, 0.6) is 0 Å². The molecule has 1 aliphatic heterocycles. The van der Waals surface area contributed by atoms with E-state index in [0.29, 0.717) is 12.8 Å². The third-order valence-corrected chi connectivity index (χ3v) is 17.0. The molecule has 1 saturated heterocycles. The van der Waals surface area contributed by atoms with Crippen LogP contribution in [0.1, 0.15) is 323 Å². The van der Waals surface area contributed by atoms with E-state index in [1.54, 1.807) is 6.08 Å². The SMILES string of the molecule is CCCCC/C=C\C/C=C\C/C=C\C/C=C\CCCCCCCCCCCC(=O)OC1C(OCC(NC(=O)C(O)CCCCCCCCCCCCC/C=C\C/C=C\C/C=C\CCCCC)C(O)/C=C/CCCCCCCCCCC)OC(CO)C(O)C1O. The van der Waals surface area contributed by atoms with Crippen LogP contribution in [0.15, 0.2) is 97.2 Å². The molecule has 514 valence electrons. The maximum Gasteiger partial charge on any atom is 0.306 e. The summed E-state index contributed by atoms with van der Waals surface area (Å²) in [5.41, 5.74) is 0. The summed E-state index contributed by atoms with van der Waals surface area (Å²) >= 11 is 0. The van der Waals surface area contributed by atoms with E-state index in [0.717, 1.165) is 109 Å². The first kappa shape index (κ1) is 83.6. The molecule has 1 amide bonds. The van der Waals surface area contributed by atoms with Crippen molar-refractivity contribution in [2.75, 3.05) is 13.2 Å². The van der Waals surface area contributed by atoms with Crippen LogP contribution in [-0.4, -0.2) is 99.6 Å². The van der Waals surface area contributed by atoms with E-state index in [-0.39, 0.29) is 19.4 Å². The van der Waals surface area contributed by atoms with Gasteiger partial charge in [-0.2, -0.15) is 0 Å². The molecule has 0 aromatic heterocycles. The molecule has 1 aliphatic rings. The van der Waals surface area contributed by atoms with Crippen molar-refractivity contribution in [1.82, 2.24) is 5.32 Å². The van der Waals surface area contributed by atoms with Gasteiger partial charge in [0.05, 0.1) is 25.4 Å². The van der Waals surface area contributed by atoms with Gasteiger partial charge in [0.15, 0.2) is 12.4 Å². The van der Waals surface area contributed by atoms with Crippen molar-refractivity contribution < 1.29 is 49.3 Å². The lowest BCUT2D eigenvalue weighted by Gasteiger charge is -2.41. The largest absolute Gasteiger partial charge is 0.454 e. The lowest BCUT2D eigenvalue weighted by Crippen LogP contribution is -2.61. The Morgan fingerprint density at radius 2 is 0.775 bits per heavy atom. The van der Waals surface area contributed by atoms with Gasteiger partial charge in [-0.15, -0.1) is 0 Å². The molecule has 89 heavy (non-hydrogen) atoms. The number of aliphatic hydroxyl groups is 5. The number of amides is 1. The fraction of sp³-hybridized carbons (Fsp3) is 0.769. The normalized spacial score (nSPS) is 18.7.